The highest BCUT2D eigenvalue weighted by atomic mass is 16.3. The molecule has 4 rings (SSSR count). The van der Waals surface area contributed by atoms with Crippen LogP contribution < -0.4 is 0 Å². The lowest BCUT2D eigenvalue weighted by Crippen LogP contribution is -2.27. The summed E-state index contributed by atoms with van der Waals surface area (Å²) in [5, 5.41) is 21.1. The number of benzene rings is 2. The van der Waals surface area contributed by atoms with Crippen molar-refractivity contribution in [3.8, 4) is 5.75 Å². The van der Waals surface area contributed by atoms with Gasteiger partial charge in [-0.15, -0.1) is 0 Å². The van der Waals surface area contributed by atoms with Crippen LogP contribution in [-0.4, -0.2) is 21.7 Å². The molecular weight excluding hydrogens is 406 g/mol. The second kappa shape index (κ2) is 8.09. The van der Waals surface area contributed by atoms with Gasteiger partial charge in [-0.05, 0) is 40.5 Å². The molecule has 0 spiro atoms. The van der Waals surface area contributed by atoms with Crippen molar-refractivity contribution in [1.29, 1.82) is 0 Å². The molecule has 0 saturated carbocycles. The fraction of sp³-hybridized carbons (Fsp3) is 0.414. The van der Waals surface area contributed by atoms with Gasteiger partial charge in [0.25, 0.3) is 0 Å². The first-order chi connectivity index (χ1) is 15.4. The second-order valence-corrected chi connectivity index (χ2v) is 11.6. The summed E-state index contributed by atoms with van der Waals surface area (Å²) in [6.45, 7) is 15.6. The molecule has 1 heterocycles. The SMILES string of the molecule is CC(C)(C)CC(C)(C)c1cc(C(C)(C)c2ccccc2)cc([N+]2=NC3C=CC=CC3=N2)c1O. The van der Waals surface area contributed by atoms with Crippen LogP contribution in [0.1, 0.15) is 71.6 Å². The monoisotopic (exact) mass is 442 g/mol. The van der Waals surface area contributed by atoms with Crippen molar-refractivity contribution in [3.63, 3.8) is 0 Å². The molecule has 2 aliphatic rings. The molecule has 4 heteroatoms. The molecular formula is C29H36N3O+. The van der Waals surface area contributed by atoms with Crippen molar-refractivity contribution in [2.24, 2.45) is 15.6 Å². The van der Waals surface area contributed by atoms with Crippen LogP contribution in [-0.2, 0) is 10.8 Å². The molecule has 0 aromatic heterocycles. The lowest BCUT2D eigenvalue weighted by Gasteiger charge is -2.35. The Bertz CT molecular complexity index is 1180. The molecule has 0 radical (unpaired) electrons. The van der Waals surface area contributed by atoms with Crippen molar-refractivity contribution in [1.82, 2.24) is 0 Å². The number of azo groups is 1. The van der Waals surface area contributed by atoms with E-state index in [1.165, 1.54) is 5.56 Å². The maximum Gasteiger partial charge on any atom is 0.309 e. The maximum atomic E-state index is 11.6. The maximum absolute atomic E-state index is 11.6. The quantitative estimate of drug-likeness (QED) is 0.482. The summed E-state index contributed by atoms with van der Waals surface area (Å²) in [7, 11) is 0. The van der Waals surface area contributed by atoms with E-state index in [2.05, 4.69) is 84.9 Å². The standard InChI is InChI=1S/C29H35N3O/c1-27(2,3)19-28(4,5)22-17-21(29(6,7)20-13-9-8-10-14-20)18-25(26(22)33)32-30-23-15-11-12-16-24(23)31-32/h8-18,23H,19H2,1-7H3/p+1. The van der Waals surface area contributed by atoms with Gasteiger partial charge < -0.3 is 5.11 Å². The minimum absolute atomic E-state index is 0.105. The third kappa shape index (κ3) is 4.57. The average Bonchev–Trinajstić information content (AvgIpc) is 3.16. The molecule has 2 aromatic rings. The number of fused-ring (bicyclic) bond motifs is 1. The Hall–Kier alpha value is -3.01. The molecule has 2 aromatic carbocycles. The molecule has 172 valence electrons. The van der Waals surface area contributed by atoms with Crippen molar-refractivity contribution in [3.05, 3.63) is 83.5 Å². The number of hydrogen-bond donors (Lipinski definition) is 1. The number of aromatic hydroxyl groups is 1. The highest BCUT2D eigenvalue weighted by Gasteiger charge is 2.38. The summed E-state index contributed by atoms with van der Waals surface area (Å²) in [4.78, 5) is 1.62. The van der Waals surface area contributed by atoms with Gasteiger partial charge in [0, 0.05) is 27.3 Å². The molecule has 1 aliphatic carbocycles. The van der Waals surface area contributed by atoms with Crippen molar-refractivity contribution >= 4 is 11.4 Å². The van der Waals surface area contributed by atoms with E-state index in [1.807, 2.05) is 30.4 Å². The number of phenols is 1. The van der Waals surface area contributed by atoms with Crippen LogP contribution in [0.3, 0.4) is 0 Å². The van der Waals surface area contributed by atoms with E-state index < -0.39 is 0 Å². The van der Waals surface area contributed by atoms with Crippen molar-refractivity contribution < 1.29 is 9.91 Å². The molecule has 0 bridgehead atoms. The molecule has 1 aliphatic heterocycles. The highest BCUT2D eigenvalue weighted by Crippen LogP contribution is 2.47. The van der Waals surface area contributed by atoms with Gasteiger partial charge in [0.2, 0.25) is 0 Å². The van der Waals surface area contributed by atoms with E-state index in [0.29, 0.717) is 5.69 Å². The Labute approximate surface area is 198 Å². The zero-order valence-electron chi connectivity index (χ0n) is 20.9. The zero-order valence-corrected chi connectivity index (χ0v) is 20.9. The van der Waals surface area contributed by atoms with Crippen LogP contribution in [0.25, 0.3) is 0 Å². The fourth-order valence-electron chi connectivity index (χ4n) is 5.17. The van der Waals surface area contributed by atoms with E-state index in [1.54, 1.807) is 4.81 Å². The van der Waals surface area contributed by atoms with Gasteiger partial charge in [-0.25, -0.2) is 0 Å². The summed E-state index contributed by atoms with van der Waals surface area (Å²) in [6, 6.07) is 14.7. The Balaban J connectivity index is 1.92. The second-order valence-electron chi connectivity index (χ2n) is 11.6. The first kappa shape index (κ1) is 23.2. The van der Waals surface area contributed by atoms with Gasteiger partial charge >= 0.3 is 5.69 Å². The fourth-order valence-corrected chi connectivity index (χ4v) is 5.17. The Morgan fingerprint density at radius 3 is 2.24 bits per heavy atom. The van der Waals surface area contributed by atoms with Crippen LogP contribution >= 0.6 is 0 Å². The van der Waals surface area contributed by atoms with E-state index in [0.717, 1.165) is 23.3 Å². The number of phenolic OH excluding ortho intramolecular Hbond substituents is 1. The van der Waals surface area contributed by atoms with Crippen LogP contribution in [0.4, 0.5) is 5.69 Å². The Kier molecular flexibility index (Phi) is 5.68. The third-order valence-electron chi connectivity index (χ3n) is 6.64. The zero-order chi connectivity index (χ0) is 24.0. The topological polar surface area (TPSA) is 48.0 Å². The van der Waals surface area contributed by atoms with E-state index in [-0.39, 0.29) is 28.0 Å². The van der Waals surface area contributed by atoms with Crippen LogP contribution in [0.2, 0.25) is 0 Å². The number of allylic oxidation sites excluding steroid dienone is 2. The van der Waals surface area contributed by atoms with Gasteiger partial charge in [0.1, 0.15) is 5.71 Å². The Morgan fingerprint density at radius 2 is 1.61 bits per heavy atom. The minimum Gasteiger partial charge on any atom is -0.502 e. The number of hydrogen-bond acceptors (Lipinski definition) is 3. The molecule has 0 fully saturated rings. The molecule has 4 nitrogen and oxygen atoms in total. The van der Waals surface area contributed by atoms with Gasteiger partial charge in [0.15, 0.2) is 11.8 Å². The van der Waals surface area contributed by atoms with Crippen molar-refractivity contribution in [2.45, 2.75) is 71.8 Å². The minimum atomic E-state index is -0.254. The van der Waals surface area contributed by atoms with Gasteiger partial charge in [-0.2, -0.15) is 0 Å². The van der Waals surface area contributed by atoms with Gasteiger partial charge in [0.05, 0.1) is 4.81 Å². The number of nitrogens with zero attached hydrogens (tertiary/aromatic N) is 3. The smallest absolute Gasteiger partial charge is 0.309 e. The Morgan fingerprint density at radius 1 is 0.909 bits per heavy atom. The summed E-state index contributed by atoms with van der Waals surface area (Å²) in [6.07, 6.45) is 8.90. The first-order valence-corrected chi connectivity index (χ1v) is 11.8. The van der Waals surface area contributed by atoms with Crippen LogP contribution in [0.5, 0.6) is 5.75 Å². The predicted octanol–water partition coefficient (Wildman–Crippen LogP) is 7.39. The lowest BCUT2D eigenvalue weighted by molar-refractivity contribution is -0.513. The van der Waals surface area contributed by atoms with Gasteiger partial charge in [-0.1, -0.05) is 97.0 Å². The largest absolute Gasteiger partial charge is 0.502 e. The van der Waals surface area contributed by atoms with Crippen LogP contribution in [0.15, 0.2) is 77.0 Å². The normalized spacial score (nSPS) is 18.2. The summed E-state index contributed by atoms with van der Waals surface area (Å²) in [5.74, 6) is 0.261. The molecule has 33 heavy (non-hydrogen) atoms. The summed E-state index contributed by atoms with van der Waals surface area (Å²) in [5.41, 5.74) is 4.45. The van der Waals surface area contributed by atoms with Gasteiger partial charge in [-0.3, -0.25) is 0 Å². The summed E-state index contributed by atoms with van der Waals surface area (Å²) < 4.78 is 0. The predicted molar refractivity (Wildman–Crippen MR) is 136 cm³/mol. The van der Waals surface area contributed by atoms with E-state index in [4.69, 9.17) is 10.2 Å². The third-order valence-corrected chi connectivity index (χ3v) is 6.64. The molecule has 1 N–H and O–H groups in total. The number of hydrazone groups is 1. The lowest BCUT2D eigenvalue weighted by atomic mass is 9.70. The molecule has 1 unspecified atom stereocenters. The first-order valence-electron chi connectivity index (χ1n) is 11.8. The highest BCUT2D eigenvalue weighted by molar-refractivity contribution is 6.02. The molecule has 0 saturated heterocycles. The summed E-state index contributed by atoms with van der Waals surface area (Å²) >= 11 is 0. The van der Waals surface area contributed by atoms with Crippen molar-refractivity contribution in [2.75, 3.05) is 0 Å². The molecule has 0 amide bonds. The number of rotatable bonds is 5. The van der Waals surface area contributed by atoms with Crippen LogP contribution in [0, 0.1) is 5.41 Å². The van der Waals surface area contributed by atoms with E-state index >= 15 is 0 Å². The van der Waals surface area contributed by atoms with E-state index in [9.17, 15) is 5.11 Å². The average molecular weight is 443 g/mol. The molecule has 1 atom stereocenters.